The van der Waals surface area contributed by atoms with E-state index in [1.54, 1.807) is 0 Å². The number of phosphoric ester groups is 1. The van der Waals surface area contributed by atoms with Crippen molar-refractivity contribution in [1.82, 2.24) is 0 Å². The predicted octanol–water partition coefficient (Wildman–Crippen LogP) is 6.90. The van der Waals surface area contributed by atoms with Gasteiger partial charge in [-0.1, -0.05) is 77.1 Å². The number of hydrogen-bond donors (Lipinski definition) is 2. The Kier molecular flexibility index (Phi) is 6.70. The first kappa shape index (κ1) is 23.9. The van der Waals surface area contributed by atoms with Crippen molar-refractivity contribution in [1.29, 1.82) is 0 Å². The first-order valence-electron chi connectivity index (χ1n) is 11.0. The third-order valence-corrected chi connectivity index (χ3v) is 7.11. The Labute approximate surface area is 186 Å². The van der Waals surface area contributed by atoms with Gasteiger partial charge in [0, 0.05) is 0 Å². The van der Waals surface area contributed by atoms with Gasteiger partial charge in [-0.15, -0.1) is 0 Å². The highest BCUT2D eigenvalue weighted by Gasteiger charge is 2.37. The molecule has 2 aromatic carbocycles. The van der Waals surface area contributed by atoms with Gasteiger partial charge in [0.1, 0.15) is 0 Å². The van der Waals surface area contributed by atoms with E-state index in [0.717, 1.165) is 17.5 Å². The number of aryl methyl sites for hydroxylation is 1. The second-order valence-electron chi connectivity index (χ2n) is 10.0. The fraction of sp³-hybridized carbons (Fsp3) is 0.462. The van der Waals surface area contributed by atoms with Crippen LogP contribution in [0.3, 0.4) is 0 Å². The average molecular weight is 443 g/mol. The molecule has 4 nitrogen and oxygen atoms in total. The van der Waals surface area contributed by atoms with E-state index in [1.807, 2.05) is 24.3 Å². The zero-order chi connectivity index (χ0) is 23.0. The molecule has 0 heterocycles. The highest BCUT2D eigenvalue weighted by Crippen LogP contribution is 2.47. The molecule has 0 amide bonds. The lowest BCUT2D eigenvalue weighted by atomic mass is 9.62. The summed E-state index contributed by atoms with van der Waals surface area (Å²) < 4.78 is 15.5. The molecule has 0 saturated heterocycles. The molecule has 1 aliphatic carbocycles. The van der Waals surface area contributed by atoms with Crippen molar-refractivity contribution in [2.24, 2.45) is 0 Å². The van der Waals surface area contributed by atoms with Crippen LogP contribution in [0.2, 0.25) is 0 Å². The minimum Gasteiger partial charge on any atom is -0.303 e. The first-order valence-corrected chi connectivity index (χ1v) is 12.5. The molecule has 3 rings (SSSR count). The summed E-state index contributed by atoms with van der Waals surface area (Å²) in [4.78, 5) is 17.7. The maximum absolute atomic E-state index is 10.9. The van der Waals surface area contributed by atoms with Gasteiger partial charge in [-0.05, 0) is 76.0 Å². The molecule has 0 radical (unpaired) electrons. The van der Waals surface area contributed by atoms with Crippen molar-refractivity contribution in [3.8, 4) is 0 Å². The molecule has 0 fully saturated rings. The van der Waals surface area contributed by atoms with Crippen LogP contribution in [0, 0.1) is 6.92 Å². The summed E-state index contributed by atoms with van der Waals surface area (Å²) in [6, 6.07) is 12.4. The van der Waals surface area contributed by atoms with Crippen LogP contribution in [-0.2, 0) is 26.5 Å². The molecule has 0 aliphatic heterocycles. The van der Waals surface area contributed by atoms with Crippen LogP contribution >= 0.6 is 7.82 Å². The summed E-state index contributed by atoms with van der Waals surface area (Å²) in [6.45, 7) is 13.7. The molecule has 0 aromatic heterocycles. The van der Waals surface area contributed by atoms with E-state index in [-0.39, 0.29) is 17.4 Å². The van der Waals surface area contributed by atoms with E-state index in [2.05, 4.69) is 64.3 Å². The summed E-state index contributed by atoms with van der Waals surface area (Å²) in [5.41, 5.74) is 9.02. The number of allylic oxidation sites excluding steroid dienone is 1. The Morgan fingerprint density at radius 2 is 1.58 bits per heavy atom. The van der Waals surface area contributed by atoms with Crippen LogP contribution in [0.5, 0.6) is 0 Å². The van der Waals surface area contributed by atoms with Gasteiger partial charge in [0.25, 0.3) is 0 Å². The highest BCUT2D eigenvalue weighted by atomic mass is 31.2. The molecular weight excluding hydrogens is 407 g/mol. The van der Waals surface area contributed by atoms with E-state index in [9.17, 15) is 4.57 Å². The molecule has 168 valence electrons. The molecule has 0 atom stereocenters. The fourth-order valence-electron chi connectivity index (χ4n) is 4.51. The smallest absolute Gasteiger partial charge is 0.303 e. The van der Waals surface area contributed by atoms with Crippen LogP contribution < -0.4 is 0 Å². The molecule has 0 bridgehead atoms. The van der Waals surface area contributed by atoms with Crippen molar-refractivity contribution in [2.75, 3.05) is 0 Å². The van der Waals surface area contributed by atoms with Crippen molar-refractivity contribution < 1.29 is 18.9 Å². The van der Waals surface area contributed by atoms with Crippen LogP contribution in [0.15, 0.2) is 36.4 Å². The maximum atomic E-state index is 10.9. The topological polar surface area (TPSA) is 66.8 Å². The van der Waals surface area contributed by atoms with Crippen LogP contribution in [0.25, 0.3) is 11.6 Å². The van der Waals surface area contributed by atoms with Gasteiger partial charge in [0.2, 0.25) is 0 Å². The molecular formula is C26H35O4P. The van der Waals surface area contributed by atoms with Crippen molar-refractivity contribution >= 4 is 19.5 Å². The van der Waals surface area contributed by atoms with Gasteiger partial charge < -0.3 is 9.79 Å². The van der Waals surface area contributed by atoms with Gasteiger partial charge in [0.05, 0.1) is 6.61 Å². The van der Waals surface area contributed by atoms with Gasteiger partial charge in [-0.2, -0.15) is 0 Å². The van der Waals surface area contributed by atoms with Gasteiger partial charge in [-0.25, -0.2) is 4.57 Å². The predicted molar refractivity (Wildman–Crippen MR) is 128 cm³/mol. The van der Waals surface area contributed by atoms with Crippen molar-refractivity contribution in [2.45, 2.75) is 78.2 Å². The van der Waals surface area contributed by atoms with Gasteiger partial charge in [-0.3, -0.25) is 4.52 Å². The van der Waals surface area contributed by atoms with E-state index >= 15 is 0 Å². The first-order chi connectivity index (χ1) is 14.3. The average Bonchev–Trinajstić information content (AvgIpc) is 2.68. The molecule has 0 saturated carbocycles. The largest absolute Gasteiger partial charge is 0.469 e. The minimum atomic E-state index is -4.46. The lowest BCUT2D eigenvalue weighted by Gasteiger charge is -2.42. The number of hydrogen-bond acceptors (Lipinski definition) is 2. The SMILES string of the molecule is CCC(=Cc1ccc(COP(=O)(O)O)cc1)c1cc2c(cc1C)C(C)(C)CCC2(C)C. The monoisotopic (exact) mass is 442 g/mol. The zero-order valence-corrected chi connectivity index (χ0v) is 20.4. The van der Waals surface area contributed by atoms with Gasteiger partial charge >= 0.3 is 7.82 Å². The second-order valence-corrected chi connectivity index (χ2v) is 11.2. The third-order valence-electron chi connectivity index (χ3n) is 6.64. The Balaban J connectivity index is 1.96. The number of rotatable bonds is 6. The van der Waals surface area contributed by atoms with Crippen molar-refractivity contribution in [3.63, 3.8) is 0 Å². The molecule has 31 heavy (non-hydrogen) atoms. The lowest BCUT2D eigenvalue weighted by molar-refractivity contribution is 0.189. The van der Waals surface area contributed by atoms with Crippen LogP contribution in [0.1, 0.15) is 87.3 Å². The Morgan fingerprint density at radius 1 is 1.03 bits per heavy atom. The number of fused-ring (bicyclic) bond motifs is 1. The Morgan fingerprint density at radius 3 is 2.10 bits per heavy atom. The third kappa shape index (κ3) is 5.56. The summed E-state index contributed by atoms with van der Waals surface area (Å²) >= 11 is 0. The molecule has 0 unspecified atom stereocenters. The summed E-state index contributed by atoms with van der Waals surface area (Å²) in [5, 5.41) is 0. The summed E-state index contributed by atoms with van der Waals surface area (Å²) in [6.07, 6.45) is 5.54. The van der Waals surface area contributed by atoms with E-state index < -0.39 is 7.82 Å². The number of phosphoric acid groups is 1. The van der Waals surface area contributed by atoms with Crippen LogP contribution in [0.4, 0.5) is 0 Å². The van der Waals surface area contributed by atoms with E-state index in [1.165, 1.54) is 40.7 Å². The molecule has 2 N–H and O–H groups in total. The Hall–Kier alpha value is -1.71. The minimum absolute atomic E-state index is 0.107. The highest BCUT2D eigenvalue weighted by molar-refractivity contribution is 7.46. The van der Waals surface area contributed by atoms with Gasteiger partial charge in [0.15, 0.2) is 0 Å². The quantitative estimate of drug-likeness (QED) is 0.377. The second kappa shape index (κ2) is 8.67. The van der Waals surface area contributed by atoms with E-state index in [4.69, 9.17) is 9.79 Å². The summed E-state index contributed by atoms with van der Waals surface area (Å²) in [5.74, 6) is 0. The normalized spacial score (nSPS) is 18.0. The zero-order valence-electron chi connectivity index (χ0n) is 19.5. The summed E-state index contributed by atoms with van der Waals surface area (Å²) in [7, 11) is -4.46. The molecule has 0 spiro atoms. The van der Waals surface area contributed by atoms with Crippen molar-refractivity contribution in [3.05, 3.63) is 69.8 Å². The Bertz CT molecular complexity index is 1030. The number of benzene rings is 2. The van der Waals surface area contributed by atoms with Crippen LogP contribution in [-0.4, -0.2) is 9.79 Å². The molecule has 1 aliphatic rings. The lowest BCUT2D eigenvalue weighted by Crippen LogP contribution is -2.34. The molecule has 2 aromatic rings. The standard InChI is InChI=1S/C26H35O4P/c1-7-21(15-19-8-10-20(11-9-19)17-30-31(27,28)29)22-16-24-23(14-18(22)2)25(3,4)12-13-26(24,5)6/h8-11,14-16H,7,12-13,17H2,1-6H3,(H2,27,28,29). The molecule has 5 heteroatoms. The van der Waals surface area contributed by atoms with E-state index in [0.29, 0.717) is 0 Å². The maximum Gasteiger partial charge on any atom is 0.469 e. The fourth-order valence-corrected chi connectivity index (χ4v) is 4.83.